The van der Waals surface area contributed by atoms with Crippen molar-refractivity contribution in [1.29, 1.82) is 0 Å². The predicted molar refractivity (Wildman–Crippen MR) is 120 cm³/mol. The number of nitrogens with one attached hydrogen (secondary N) is 1. The molecule has 0 atom stereocenters. The lowest BCUT2D eigenvalue weighted by atomic mass is 10.0. The van der Waals surface area contributed by atoms with E-state index in [1.165, 1.54) is 12.8 Å². The fourth-order valence-corrected chi connectivity index (χ4v) is 4.52. The minimum absolute atomic E-state index is 0.0892. The van der Waals surface area contributed by atoms with Gasteiger partial charge in [0.1, 0.15) is 6.54 Å². The molecule has 30 heavy (non-hydrogen) atoms. The van der Waals surface area contributed by atoms with E-state index in [4.69, 9.17) is 0 Å². The lowest BCUT2D eigenvalue weighted by molar-refractivity contribution is -0.131. The number of carbonyl (C=O) groups excluding carboxylic acids is 2. The summed E-state index contributed by atoms with van der Waals surface area (Å²) in [4.78, 5) is 27.5. The van der Waals surface area contributed by atoms with Gasteiger partial charge in [-0.25, -0.2) is 0 Å². The Bertz CT molecular complexity index is 1150. The maximum absolute atomic E-state index is 13.0. The SMILES string of the molecule is O=C1Nc2ccccc2/C1=C\c1cn(CC(=O)N2CCCCCC2)c2ccccc12. The Morgan fingerprint density at radius 3 is 2.53 bits per heavy atom. The van der Waals surface area contributed by atoms with Crippen LogP contribution < -0.4 is 5.32 Å². The van der Waals surface area contributed by atoms with Gasteiger partial charge in [0.25, 0.3) is 5.91 Å². The molecule has 152 valence electrons. The summed E-state index contributed by atoms with van der Waals surface area (Å²) in [5.74, 6) is 0.0782. The Hall–Kier alpha value is -3.34. The van der Waals surface area contributed by atoms with Crippen molar-refractivity contribution in [2.45, 2.75) is 32.2 Å². The fraction of sp³-hybridized carbons (Fsp3) is 0.280. The average molecular weight is 399 g/mol. The first-order valence-corrected chi connectivity index (χ1v) is 10.7. The first-order valence-electron chi connectivity index (χ1n) is 10.7. The number of nitrogens with zero attached hydrogens (tertiary/aromatic N) is 2. The van der Waals surface area contributed by atoms with E-state index in [1.54, 1.807) is 0 Å². The van der Waals surface area contributed by atoms with Crippen LogP contribution in [0.2, 0.25) is 0 Å². The third-order valence-electron chi connectivity index (χ3n) is 6.09. The van der Waals surface area contributed by atoms with Crippen molar-refractivity contribution >= 4 is 40.1 Å². The van der Waals surface area contributed by atoms with Crippen molar-refractivity contribution in [2.24, 2.45) is 0 Å². The monoisotopic (exact) mass is 399 g/mol. The highest BCUT2D eigenvalue weighted by Gasteiger charge is 2.24. The van der Waals surface area contributed by atoms with E-state index in [0.717, 1.165) is 53.6 Å². The molecule has 5 rings (SSSR count). The number of rotatable bonds is 3. The smallest absolute Gasteiger partial charge is 0.256 e. The third-order valence-corrected chi connectivity index (χ3v) is 6.09. The number of likely N-dealkylation sites (tertiary alicyclic amines) is 1. The van der Waals surface area contributed by atoms with Gasteiger partial charge in [-0.15, -0.1) is 0 Å². The molecule has 2 aliphatic rings. The van der Waals surface area contributed by atoms with Crippen molar-refractivity contribution in [3.63, 3.8) is 0 Å². The van der Waals surface area contributed by atoms with Gasteiger partial charge in [0.2, 0.25) is 5.91 Å². The highest BCUT2D eigenvalue weighted by molar-refractivity contribution is 6.35. The number of hydrogen-bond acceptors (Lipinski definition) is 2. The molecular weight excluding hydrogens is 374 g/mol. The largest absolute Gasteiger partial charge is 0.341 e. The number of aromatic nitrogens is 1. The number of hydrogen-bond donors (Lipinski definition) is 1. The number of amides is 2. The van der Waals surface area contributed by atoms with E-state index < -0.39 is 0 Å². The van der Waals surface area contributed by atoms with Crippen LogP contribution in [0.1, 0.15) is 36.8 Å². The zero-order chi connectivity index (χ0) is 20.5. The van der Waals surface area contributed by atoms with Crippen LogP contribution in [-0.4, -0.2) is 34.4 Å². The van der Waals surface area contributed by atoms with E-state index in [1.807, 2.05) is 70.3 Å². The van der Waals surface area contributed by atoms with E-state index in [2.05, 4.69) is 5.32 Å². The quantitative estimate of drug-likeness (QED) is 0.658. The number of anilines is 1. The maximum atomic E-state index is 13.0. The van der Waals surface area contributed by atoms with Gasteiger partial charge >= 0.3 is 0 Å². The fourth-order valence-electron chi connectivity index (χ4n) is 4.52. The van der Waals surface area contributed by atoms with Crippen molar-refractivity contribution in [2.75, 3.05) is 18.4 Å². The second kappa shape index (κ2) is 7.82. The Morgan fingerprint density at radius 1 is 0.967 bits per heavy atom. The second-order valence-corrected chi connectivity index (χ2v) is 8.08. The number of fused-ring (bicyclic) bond motifs is 2. The molecular formula is C25H25N3O2. The van der Waals surface area contributed by atoms with Crippen molar-refractivity contribution in [3.8, 4) is 0 Å². The summed E-state index contributed by atoms with van der Waals surface area (Å²) in [6.45, 7) is 2.03. The molecule has 0 aliphatic carbocycles. The molecule has 5 heteroatoms. The minimum atomic E-state index is -0.0892. The van der Waals surface area contributed by atoms with Gasteiger partial charge < -0.3 is 14.8 Å². The van der Waals surface area contributed by atoms with Gasteiger partial charge in [-0.1, -0.05) is 49.2 Å². The van der Waals surface area contributed by atoms with Crippen LogP contribution >= 0.6 is 0 Å². The molecule has 0 saturated carbocycles. The first-order chi connectivity index (χ1) is 14.7. The summed E-state index contributed by atoms with van der Waals surface area (Å²) in [7, 11) is 0. The molecule has 0 radical (unpaired) electrons. The van der Waals surface area contributed by atoms with E-state index in [9.17, 15) is 9.59 Å². The summed E-state index contributed by atoms with van der Waals surface area (Å²) in [5, 5.41) is 3.98. The topological polar surface area (TPSA) is 54.3 Å². The molecule has 1 fully saturated rings. The number of carbonyl (C=O) groups is 2. The van der Waals surface area contributed by atoms with Crippen molar-refractivity contribution in [3.05, 3.63) is 65.9 Å². The first kappa shape index (κ1) is 18.7. The Labute approximate surface area is 176 Å². The lowest BCUT2D eigenvalue weighted by Gasteiger charge is -2.20. The third kappa shape index (κ3) is 3.41. The maximum Gasteiger partial charge on any atom is 0.256 e. The molecule has 0 unspecified atom stereocenters. The standard InChI is InChI=1S/C25H25N3O2/c29-24(27-13-7-1-2-8-14-27)17-28-16-18(19-9-4-6-12-23(19)28)15-21-20-10-3-5-11-22(20)26-25(21)30/h3-6,9-12,15-16H,1-2,7-8,13-14,17H2,(H,26,30)/b21-15+. The Balaban J connectivity index is 1.50. The van der Waals surface area contributed by atoms with Gasteiger partial charge in [0.05, 0.1) is 0 Å². The van der Waals surface area contributed by atoms with Crippen LogP contribution in [0.15, 0.2) is 54.7 Å². The molecule has 1 N–H and O–H groups in total. The Morgan fingerprint density at radius 2 is 1.70 bits per heavy atom. The zero-order valence-electron chi connectivity index (χ0n) is 16.9. The molecule has 3 heterocycles. The van der Waals surface area contributed by atoms with Crippen molar-refractivity contribution in [1.82, 2.24) is 9.47 Å². The minimum Gasteiger partial charge on any atom is -0.341 e. The number of para-hydroxylation sites is 2. The van der Waals surface area contributed by atoms with Gasteiger partial charge in [0, 0.05) is 52.6 Å². The van der Waals surface area contributed by atoms with Crippen LogP contribution in [0.5, 0.6) is 0 Å². The van der Waals surface area contributed by atoms with Crippen LogP contribution in [0.4, 0.5) is 5.69 Å². The molecule has 1 aromatic heterocycles. The summed E-state index contributed by atoms with van der Waals surface area (Å²) in [6, 6.07) is 15.8. The van der Waals surface area contributed by atoms with Gasteiger partial charge in [-0.2, -0.15) is 0 Å². The van der Waals surface area contributed by atoms with E-state index in [0.29, 0.717) is 12.1 Å². The van der Waals surface area contributed by atoms with Crippen LogP contribution in [-0.2, 0) is 16.1 Å². The Kier molecular flexibility index (Phi) is 4.87. The lowest BCUT2D eigenvalue weighted by Crippen LogP contribution is -2.34. The molecule has 2 amide bonds. The molecule has 2 aliphatic heterocycles. The molecule has 2 aromatic carbocycles. The average Bonchev–Trinajstić information content (AvgIpc) is 3.11. The zero-order valence-corrected chi connectivity index (χ0v) is 16.9. The molecule has 5 nitrogen and oxygen atoms in total. The van der Waals surface area contributed by atoms with Gasteiger partial charge in [0.15, 0.2) is 0 Å². The van der Waals surface area contributed by atoms with Crippen LogP contribution in [0.25, 0.3) is 22.6 Å². The summed E-state index contributed by atoms with van der Waals surface area (Å²) >= 11 is 0. The van der Waals surface area contributed by atoms with E-state index in [-0.39, 0.29) is 11.8 Å². The molecule has 3 aromatic rings. The molecule has 1 saturated heterocycles. The highest BCUT2D eigenvalue weighted by Crippen LogP contribution is 2.34. The van der Waals surface area contributed by atoms with Crippen molar-refractivity contribution < 1.29 is 9.59 Å². The summed E-state index contributed by atoms with van der Waals surface area (Å²) in [6.07, 6.45) is 8.53. The van der Waals surface area contributed by atoms with Gasteiger partial charge in [-0.3, -0.25) is 9.59 Å². The van der Waals surface area contributed by atoms with Gasteiger partial charge in [-0.05, 0) is 31.1 Å². The van der Waals surface area contributed by atoms with Crippen LogP contribution in [0.3, 0.4) is 0 Å². The summed E-state index contributed by atoms with van der Waals surface area (Å²) in [5.41, 5.74) is 4.39. The second-order valence-electron chi connectivity index (χ2n) is 8.08. The molecule has 0 bridgehead atoms. The van der Waals surface area contributed by atoms with E-state index >= 15 is 0 Å². The van der Waals surface area contributed by atoms with Crippen LogP contribution in [0, 0.1) is 0 Å². The molecule has 0 spiro atoms. The number of benzene rings is 2. The normalized spacial score (nSPS) is 17.8. The highest BCUT2D eigenvalue weighted by atomic mass is 16.2. The predicted octanol–water partition coefficient (Wildman–Crippen LogP) is 4.54. The summed E-state index contributed by atoms with van der Waals surface area (Å²) < 4.78 is 2.02.